The van der Waals surface area contributed by atoms with Gasteiger partial charge in [-0.1, -0.05) is 12.2 Å². The Morgan fingerprint density at radius 1 is 1.43 bits per heavy atom. The van der Waals surface area contributed by atoms with Crippen molar-refractivity contribution >= 4 is 37.4 Å². The summed E-state index contributed by atoms with van der Waals surface area (Å²) < 4.78 is 26.9. The van der Waals surface area contributed by atoms with Gasteiger partial charge in [0.1, 0.15) is 12.1 Å². The molecule has 21 heavy (non-hydrogen) atoms. The maximum atomic E-state index is 11.9. The molecule has 0 aromatic carbocycles. The fourth-order valence-corrected chi connectivity index (χ4v) is 4.17. The molecule has 1 atom stereocenters. The Bertz CT molecular complexity index is 852. The first-order valence-corrected chi connectivity index (χ1v) is 8.63. The highest BCUT2D eigenvalue weighted by atomic mass is 32.2. The van der Waals surface area contributed by atoms with Gasteiger partial charge in [-0.15, -0.1) is 11.3 Å². The van der Waals surface area contributed by atoms with Gasteiger partial charge in [-0.2, -0.15) is 0 Å². The van der Waals surface area contributed by atoms with Crippen molar-refractivity contribution in [2.75, 3.05) is 12.8 Å². The second kappa shape index (κ2) is 5.21. The molecular weight excluding hydrogens is 308 g/mol. The van der Waals surface area contributed by atoms with Gasteiger partial charge in [-0.05, 0) is 25.6 Å². The van der Waals surface area contributed by atoms with Gasteiger partial charge < -0.3 is 5.73 Å². The molecule has 0 saturated carbocycles. The van der Waals surface area contributed by atoms with Gasteiger partial charge in [0, 0.05) is 10.8 Å². The van der Waals surface area contributed by atoms with Gasteiger partial charge in [0.15, 0.2) is 0 Å². The third-order valence-electron chi connectivity index (χ3n) is 3.34. The summed E-state index contributed by atoms with van der Waals surface area (Å²) in [6.45, 7) is 0. The zero-order valence-electron chi connectivity index (χ0n) is 11.3. The molecule has 1 aliphatic rings. The number of anilines is 1. The van der Waals surface area contributed by atoms with Crippen LogP contribution < -0.4 is 10.5 Å². The number of nitrogens with zero attached hydrogens (tertiary/aromatic N) is 2. The quantitative estimate of drug-likeness (QED) is 0.897. The van der Waals surface area contributed by atoms with E-state index in [0.717, 1.165) is 21.5 Å². The maximum Gasteiger partial charge on any atom is 0.240 e. The van der Waals surface area contributed by atoms with Crippen LogP contribution in [0.4, 0.5) is 5.82 Å². The number of allylic oxidation sites excluding steroid dienone is 3. The zero-order valence-corrected chi connectivity index (χ0v) is 12.9. The number of hydrogen-bond acceptors (Lipinski definition) is 6. The molecule has 8 heteroatoms. The third-order valence-corrected chi connectivity index (χ3v) is 6.05. The fraction of sp³-hybridized carbons (Fsp3) is 0.231. The van der Waals surface area contributed by atoms with Crippen LogP contribution in [0.3, 0.4) is 0 Å². The Balaban J connectivity index is 2.03. The van der Waals surface area contributed by atoms with Crippen LogP contribution in [0.25, 0.3) is 10.2 Å². The number of nitrogen functional groups attached to an aromatic ring is 1. The molecule has 0 radical (unpaired) electrons. The van der Waals surface area contributed by atoms with Crippen LogP contribution in [-0.4, -0.2) is 25.4 Å². The smallest absolute Gasteiger partial charge is 0.240 e. The second-order valence-corrected chi connectivity index (χ2v) is 7.61. The van der Waals surface area contributed by atoms with Crippen molar-refractivity contribution < 1.29 is 8.42 Å². The van der Waals surface area contributed by atoms with E-state index in [2.05, 4.69) is 14.7 Å². The molecule has 3 N–H and O–H groups in total. The summed E-state index contributed by atoms with van der Waals surface area (Å²) >= 11 is 1.51. The largest absolute Gasteiger partial charge is 0.382 e. The minimum absolute atomic E-state index is 0.00623. The Labute approximate surface area is 126 Å². The number of sulfonamides is 1. The highest BCUT2D eigenvalue weighted by molar-refractivity contribution is 7.93. The molecule has 2 heterocycles. The van der Waals surface area contributed by atoms with Gasteiger partial charge >= 0.3 is 0 Å². The molecule has 1 aliphatic carbocycles. The summed E-state index contributed by atoms with van der Waals surface area (Å²) in [6, 6.07) is 1.95. The first kappa shape index (κ1) is 14.2. The molecule has 0 fully saturated rings. The number of aromatic nitrogens is 2. The van der Waals surface area contributed by atoms with Crippen molar-refractivity contribution in [1.29, 1.82) is 0 Å². The molecule has 2 aromatic heterocycles. The summed E-state index contributed by atoms with van der Waals surface area (Å²) in [5, 5.41) is 0. The van der Waals surface area contributed by atoms with E-state index in [1.807, 2.05) is 12.1 Å². The van der Waals surface area contributed by atoms with E-state index >= 15 is 0 Å². The van der Waals surface area contributed by atoms with E-state index in [1.165, 1.54) is 24.7 Å². The molecule has 1 unspecified atom stereocenters. The lowest BCUT2D eigenvalue weighted by molar-refractivity contribution is 0.594. The van der Waals surface area contributed by atoms with Crippen LogP contribution in [0, 0.1) is 0 Å². The average molecular weight is 322 g/mol. The normalized spacial score (nSPS) is 18.9. The van der Waals surface area contributed by atoms with Crippen molar-refractivity contribution in [2.45, 2.75) is 12.3 Å². The minimum atomic E-state index is -3.42. The number of hydrogen-bond donors (Lipinski definition) is 2. The Hall–Kier alpha value is -1.77. The lowest BCUT2D eigenvalue weighted by Crippen LogP contribution is -2.20. The SMILES string of the molecule is CNS(=O)(=O)C1=CC(c2cc3ncnc(N)c3s2)CC=C1. The lowest BCUT2D eigenvalue weighted by atomic mass is 9.99. The number of thiophene rings is 1. The van der Waals surface area contributed by atoms with Gasteiger partial charge in [0.25, 0.3) is 0 Å². The van der Waals surface area contributed by atoms with E-state index in [4.69, 9.17) is 5.73 Å². The molecule has 0 bridgehead atoms. The Kier molecular flexibility index (Phi) is 3.52. The molecule has 0 amide bonds. The first-order valence-electron chi connectivity index (χ1n) is 6.33. The molecule has 0 aliphatic heterocycles. The predicted octanol–water partition coefficient (Wildman–Crippen LogP) is 1.75. The van der Waals surface area contributed by atoms with Crippen molar-refractivity contribution in [1.82, 2.24) is 14.7 Å². The zero-order chi connectivity index (χ0) is 15.0. The number of nitrogens with one attached hydrogen (secondary N) is 1. The monoisotopic (exact) mass is 322 g/mol. The molecule has 3 rings (SSSR count). The van der Waals surface area contributed by atoms with Crippen molar-refractivity contribution in [3.8, 4) is 0 Å². The summed E-state index contributed by atoms with van der Waals surface area (Å²) in [5.41, 5.74) is 6.64. The van der Waals surface area contributed by atoms with E-state index in [1.54, 1.807) is 12.2 Å². The number of rotatable bonds is 3. The summed E-state index contributed by atoms with van der Waals surface area (Å²) in [4.78, 5) is 9.49. The Morgan fingerprint density at radius 2 is 2.24 bits per heavy atom. The summed E-state index contributed by atoms with van der Waals surface area (Å²) in [6.07, 6.45) is 7.45. The van der Waals surface area contributed by atoms with Crippen LogP contribution in [0.1, 0.15) is 17.2 Å². The van der Waals surface area contributed by atoms with Crippen molar-refractivity contribution in [3.63, 3.8) is 0 Å². The predicted molar refractivity (Wildman–Crippen MR) is 84.4 cm³/mol. The van der Waals surface area contributed by atoms with Crippen molar-refractivity contribution in [2.24, 2.45) is 0 Å². The van der Waals surface area contributed by atoms with Gasteiger partial charge in [0.05, 0.1) is 15.1 Å². The first-order chi connectivity index (χ1) is 10.0. The minimum Gasteiger partial charge on any atom is -0.382 e. The highest BCUT2D eigenvalue weighted by Gasteiger charge is 2.21. The van der Waals surface area contributed by atoms with Crippen LogP contribution in [0.15, 0.2) is 35.5 Å². The highest BCUT2D eigenvalue weighted by Crippen LogP contribution is 2.37. The molecule has 6 nitrogen and oxygen atoms in total. The second-order valence-electron chi connectivity index (χ2n) is 4.64. The van der Waals surface area contributed by atoms with Gasteiger partial charge in [0.2, 0.25) is 10.0 Å². The van der Waals surface area contributed by atoms with Crippen LogP contribution in [-0.2, 0) is 10.0 Å². The average Bonchev–Trinajstić information content (AvgIpc) is 2.93. The molecule has 2 aromatic rings. The maximum absolute atomic E-state index is 11.9. The van der Waals surface area contributed by atoms with Crippen LogP contribution in [0.2, 0.25) is 0 Å². The van der Waals surface area contributed by atoms with Crippen LogP contribution in [0.5, 0.6) is 0 Å². The summed E-state index contributed by atoms with van der Waals surface area (Å²) in [5.74, 6) is 0.460. The Morgan fingerprint density at radius 3 is 2.95 bits per heavy atom. The molecule has 0 spiro atoms. The fourth-order valence-electron chi connectivity index (χ4n) is 2.22. The number of fused-ring (bicyclic) bond motifs is 1. The summed E-state index contributed by atoms with van der Waals surface area (Å²) in [7, 11) is -2.02. The van der Waals surface area contributed by atoms with E-state index in [9.17, 15) is 8.42 Å². The number of nitrogens with two attached hydrogens (primary N) is 1. The third kappa shape index (κ3) is 2.57. The standard InChI is InChI=1S/C13H14N4O2S2/c1-15-21(18,19)9-4-2-3-8(5-9)11-6-10-12(20-11)13(14)17-7-16-10/h2,4-8,15H,3H2,1H3,(H2,14,16,17). The molecular formula is C13H14N4O2S2. The van der Waals surface area contributed by atoms with Gasteiger partial charge in [-0.3, -0.25) is 0 Å². The van der Waals surface area contributed by atoms with E-state index in [-0.39, 0.29) is 10.8 Å². The van der Waals surface area contributed by atoms with E-state index < -0.39 is 10.0 Å². The van der Waals surface area contributed by atoms with Gasteiger partial charge in [-0.25, -0.2) is 23.1 Å². The topological polar surface area (TPSA) is 98.0 Å². The lowest BCUT2D eigenvalue weighted by Gasteiger charge is -2.15. The van der Waals surface area contributed by atoms with E-state index in [0.29, 0.717) is 5.82 Å². The van der Waals surface area contributed by atoms with Crippen molar-refractivity contribution in [3.05, 3.63) is 40.4 Å². The molecule has 110 valence electrons. The van der Waals surface area contributed by atoms with Crippen LogP contribution >= 0.6 is 11.3 Å². The molecule has 0 saturated heterocycles.